The average Bonchev–Trinajstić information content (AvgIpc) is 2.83. The van der Waals surface area contributed by atoms with Crippen LogP contribution in [0.1, 0.15) is 45.9 Å². The maximum absolute atomic E-state index is 6.04. The number of nitrogens with zero attached hydrogens (tertiary/aromatic N) is 1. The van der Waals surface area contributed by atoms with E-state index in [0.29, 0.717) is 6.04 Å². The number of rotatable bonds is 8. The van der Waals surface area contributed by atoms with Gasteiger partial charge in [-0.2, -0.15) is 0 Å². The zero-order valence-corrected chi connectivity index (χ0v) is 13.7. The summed E-state index contributed by atoms with van der Waals surface area (Å²) in [5, 5.41) is 3.65. The number of hydrogen-bond donors (Lipinski definition) is 1. The van der Waals surface area contributed by atoms with Crippen molar-refractivity contribution in [2.75, 3.05) is 13.2 Å². The molecule has 1 aromatic rings. The predicted octanol–water partition coefficient (Wildman–Crippen LogP) is 3.51. The Balaban J connectivity index is 2.79. The number of hydrogen-bond acceptors (Lipinski definition) is 4. The molecule has 3 nitrogen and oxygen atoms in total. The van der Waals surface area contributed by atoms with Crippen LogP contribution >= 0.6 is 11.3 Å². The van der Waals surface area contributed by atoms with Gasteiger partial charge in [0, 0.05) is 30.1 Å². The summed E-state index contributed by atoms with van der Waals surface area (Å²) < 4.78 is 6.04. The van der Waals surface area contributed by atoms with E-state index in [9.17, 15) is 0 Å². The second-order valence-corrected chi connectivity index (χ2v) is 6.95. The highest BCUT2D eigenvalue weighted by molar-refractivity contribution is 7.09. The van der Waals surface area contributed by atoms with E-state index in [0.717, 1.165) is 26.0 Å². The fraction of sp³-hybridized carbons (Fsp3) is 0.800. The van der Waals surface area contributed by atoms with Crippen LogP contribution in [0.4, 0.5) is 0 Å². The second kappa shape index (κ2) is 7.98. The van der Waals surface area contributed by atoms with E-state index >= 15 is 0 Å². The molecule has 0 fully saturated rings. The lowest BCUT2D eigenvalue weighted by Gasteiger charge is -2.37. The van der Waals surface area contributed by atoms with Gasteiger partial charge >= 0.3 is 0 Å². The van der Waals surface area contributed by atoms with Crippen LogP contribution in [0.15, 0.2) is 11.7 Å². The monoisotopic (exact) mass is 284 g/mol. The molecular formula is C15H28N2OS. The van der Waals surface area contributed by atoms with Crippen molar-refractivity contribution in [2.24, 2.45) is 5.41 Å². The Hall–Kier alpha value is -0.450. The molecule has 19 heavy (non-hydrogen) atoms. The van der Waals surface area contributed by atoms with Crippen molar-refractivity contribution in [1.82, 2.24) is 10.3 Å². The summed E-state index contributed by atoms with van der Waals surface area (Å²) in [6.07, 6.45) is 4.32. The van der Waals surface area contributed by atoms with Crippen molar-refractivity contribution in [2.45, 2.75) is 59.6 Å². The summed E-state index contributed by atoms with van der Waals surface area (Å²) in [5.41, 5.74) is 2.03. The third-order valence-corrected chi connectivity index (χ3v) is 3.93. The summed E-state index contributed by atoms with van der Waals surface area (Å²) in [6.45, 7) is 12.8. The lowest BCUT2D eigenvalue weighted by atomic mass is 9.83. The van der Waals surface area contributed by atoms with Crippen molar-refractivity contribution in [3.05, 3.63) is 16.6 Å². The number of thiazole rings is 1. The van der Waals surface area contributed by atoms with Gasteiger partial charge in [-0.05, 0) is 25.3 Å². The van der Waals surface area contributed by atoms with Crippen molar-refractivity contribution < 1.29 is 4.74 Å². The van der Waals surface area contributed by atoms with Gasteiger partial charge in [0.1, 0.15) is 0 Å². The van der Waals surface area contributed by atoms with Crippen molar-refractivity contribution in [3.63, 3.8) is 0 Å². The van der Waals surface area contributed by atoms with E-state index in [1.54, 1.807) is 11.3 Å². The molecule has 4 heteroatoms. The Labute approximate surface area is 121 Å². The van der Waals surface area contributed by atoms with Gasteiger partial charge in [-0.1, -0.05) is 27.7 Å². The van der Waals surface area contributed by atoms with Crippen LogP contribution in [-0.2, 0) is 11.2 Å². The zero-order chi connectivity index (χ0) is 14.3. The van der Waals surface area contributed by atoms with Gasteiger partial charge in [0.2, 0.25) is 0 Å². The minimum atomic E-state index is 0.131. The first-order valence-corrected chi connectivity index (χ1v) is 8.09. The highest BCUT2D eigenvalue weighted by Gasteiger charge is 2.32. The largest absolute Gasteiger partial charge is 0.376 e. The van der Waals surface area contributed by atoms with Gasteiger partial charge in [0.05, 0.1) is 11.6 Å². The summed E-state index contributed by atoms with van der Waals surface area (Å²) in [7, 11) is 0. The molecule has 2 atom stereocenters. The zero-order valence-electron chi connectivity index (χ0n) is 12.9. The molecule has 1 rings (SSSR count). The summed E-state index contributed by atoms with van der Waals surface area (Å²) >= 11 is 1.72. The van der Waals surface area contributed by atoms with E-state index in [1.165, 1.54) is 4.88 Å². The lowest BCUT2D eigenvalue weighted by Crippen LogP contribution is -2.49. The van der Waals surface area contributed by atoms with Crippen LogP contribution in [0.25, 0.3) is 0 Å². The first-order chi connectivity index (χ1) is 8.99. The van der Waals surface area contributed by atoms with Crippen LogP contribution < -0.4 is 5.32 Å². The third-order valence-electron chi connectivity index (χ3n) is 3.13. The fourth-order valence-electron chi connectivity index (χ4n) is 2.32. The van der Waals surface area contributed by atoms with E-state index in [1.807, 2.05) is 11.7 Å². The smallest absolute Gasteiger partial charge is 0.0794 e. The van der Waals surface area contributed by atoms with Crippen molar-refractivity contribution in [3.8, 4) is 0 Å². The molecular weight excluding hydrogens is 256 g/mol. The van der Waals surface area contributed by atoms with Crippen LogP contribution in [-0.4, -0.2) is 30.3 Å². The molecule has 0 radical (unpaired) electrons. The normalized spacial score (nSPS) is 15.4. The molecule has 0 saturated heterocycles. The Morgan fingerprint density at radius 2 is 2.11 bits per heavy atom. The van der Waals surface area contributed by atoms with Gasteiger partial charge in [-0.15, -0.1) is 11.3 Å². The third kappa shape index (κ3) is 5.59. The maximum Gasteiger partial charge on any atom is 0.0794 e. The minimum absolute atomic E-state index is 0.131. The Morgan fingerprint density at radius 3 is 2.58 bits per heavy atom. The van der Waals surface area contributed by atoms with Gasteiger partial charge in [-0.25, -0.2) is 0 Å². The number of ether oxygens (including phenoxy) is 1. The first-order valence-electron chi connectivity index (χ1n) is 7.21. The van der Waals surface area contributed by atoms with E-state index in [-0.39, 0.29) is 11.5 Å². The highest BCUT2D eigenvalue weighted by Crippen LogP contribution is 2.27. The molecule has 110 valence electrons. The van der Waals surface area contributed by atoms with Crippen molar-refractivity contribution >= 4 is 11.3 Å². The molecule has 0 amide bonds. The standard InChI is InChI=1S/C15H28N2OS/c1-6-8-17-13(9-12-10-16-11-19-12)14(18-7-2)15(3,4)5/h10-11,13-14,17H,6-9H2,1-5H3. The molecule has 0 saturated carbocycles. The van der Waals surface area contributed by atoms with Gasteiger partial charge in [0.25, 0.3) is 0 Å². The van der Waals surface area contributed by atoms with Gasteiger partial charge in [-0.3, -0.25) is 4.98 Å². The van der Waals surface area contributed by atoms with Gasteiger partial charge < -0.3 is 10.1 Å². The Kier molecular flexibility index (Phi) is 6.97. The molecule has 0 aliphatic heterocycles. The second-order valence-electron chi connectivity index (χ2n) is 5.97. The quantitative estimate of drug-likeness (QED) is 0.793. The molecule has 2 unspecified atom stereocenters. The minimum Gasteiger partial charge on any atom is -0.376 e. The van der Waals surface area contributed by atoms with E-state index in [2.05, 4.69) is 44.9 Å². The van der Waals surface area contributed by atoms with Crippen LogP contribution in [0.3, 0.4) is 0 Å². The van der Waals surface area contributed by atoms with Gasteiger partial charge in [0.15, 0.2) is 0 Å². The number of aromatic nitrogens is 1. The summed E-state index contributed by atoms with van der Waals surface area (Å²) in [4.78, 5) is 5.49. The summed E-state index contributed by atoms with van der Waals surface area (Å²) in [5.74, 6) is 0. The molecule has 0 aliphatic carbocycles. The molecule has 0 spiro atoms. The maximum atomic E-state index is 6.04. The predicted molar refractivity (Wildman–Crippen MR) is 82.8 cm³/mol. The average molecular weight is 284 g/mol. The molecule has 1 aromatic heterocycles. The fourth-order valence-corrected chi connectivity index (χ4v) is 2.98. The summed E-state index contributed by atoms with van der Waals surface area (Å²) in [6, 6.07) is 0.348. The topological polar surface area (TPSA) is 34.2 Å². The van der Waals surface area contributed by atoms with E-state index in [4.69, 9.17) is 4.74 Å². The molecule has 0 bridgehead atoms. The Morgan fingerprint density at radius 1 is 1.37 bits per heavy atom. The Bertz CT molecular complexity index is 332. The number of nitrogens with one attached hydrogen (secondary N) is 1. The lowest BCUT2D eigenvalue weighted by molar-refractivity contribution is -0.0353. The van der Waals surface area contributed by atoms with Crippen LogP contribution in [0, 0.1) is 5.41 Å². The van der Waals surface area contributed by atoms with Crippen LogP contribution in [0.5, 0.6) is 0 Å². The molecule has 1 heterocycles. The first kappa shape index (κ1) is 16.6. The molecule has 0 aliphatic rings. The molecule has 0 aromatic carbocycles. The molecule has 1 N–H and O–H groups in total. The van der Waals surface area contributed by atoms with Crippen molar-refractivity contribution in [1.29, 1.82) is 0 Å². The van der Waals surface area contributed by atoms with Crippen LogP contribution in [0.2, 0.25) is 0 Å². The SMILES string of the molecule is CCCNC(Cc1cncs1)C(OCC)C(C)(C)C. The van der Waals surface area contributed by atoms with E-state index < -0.39 is 0 Å². The highest BCUT2D eigenvalue weighted by atomic mass is 32.1.